The van der Waals surface area contributed by atoms with Crippen LogP contribution in [0.15, 0.2) is 93.6 Å². The summed E-state index contributed by atoms with van der Waals surface area (Å²) in [5.41, 5.74) is 3.33. The molecule has 1 aliphatic heterocycles. The third-order valence-corrected chi connectivity index (χ3v) is 6.87. The summed E-state index contributed by atoms with van der Waals surface area (Å²) < 4.78 is 11.9. The van der Waals surface area contributed by atoms with Crippen molar-refractivity contribution >= 4 is 33.3 Å². The maximum atomic E-state index is 13.7. The number of hydrogen-bond acceptors (Lipinski definition) is 6. The minimum atomic E-state index is -0.645. The molecule has 0 fully saturated rings. The second-order valence-corrected chi connectivity index (χ2v) is 9.28. The highest BCUT2D eigenvalue weighted by Gasteiger charge is 2.44. The van der Waals surface area contributed by atoms with Gasteiger partial charge >= 0.3 is 0 Å². The van der Waals surface area contributed by atoms with Crippen LogP contribution in [0.3, 0.4) is 0 Å². The quantitative estimate of drug-likeness (QED) is 0.314. The van der Waals surface area contributed by atoms with E-state index in [1.807, 2.05) is 67.6 Å². The monoisotopic (exact) mass is 480 g/mol. The average molecular weight is 481 g/mol. The largest absolute Gasteiger partial charge is 0.489 e. The summed E-state index contributed by atoms with van der Waals surface area (Å²) in [5.74, 6) is 0.393. The Labute approximate surface area is 205 Å². The fourth-order valence-corrected chi connectivity index (χ4v) is 5.09. The third kappa shape index (κ3) is 3.70. The zero-order valence-corrected chi connectivity index (χ0v) is 19.6. The molecule has 2 aromatic heterocycles. The second-order valence-electron chi connectivity index (χ2n) is 8.41. The van der Waals surface area contributed by atoms with Crippen LogP contribution >= 0.6 is 11.3 Å². The first-order valence-corrected chi connectivity index (χ1v) is 12.1. The van der Waals surface area contributed by atoms with Crippen molar-refractivity contribution in [3.05, 3.63) is 123 Å². The van der Waals surface area contributed by atoms with Crippen LogP contribution < -0.4 is 15.1 Å². The van der Waals surface area contributed by atoms with Gasteiger partial charge in [-0.25, -0.2) is 4.98 Å². The first-order chi connectivity index (χ1) is 17.1. The fraction of sp³-hybridized carbons (Fsp3) is 0.107. The number of hydrogen-bond donors (Lipinski definition) is 0. The van der Waals surface area contributed by atoms with E-state index in [0.29, 0.717) is 34.0 Å². The van der Waals surface area contributed by atoms with Gasteiger partial charge in [0.25, 0.3) is 5.91 Å². The molecule has 6 rings (SSSR count). The molecular formula is C28H20N2O4S. The van der Waals surface area contributed by atoms with Gasteiger partial charge in [0.05, 0.1) is 17.0 Å². The number of rotatable bonds is 5. The number of carbonyl (C=O) groups excluding carboxylic acids is 1. The Morgan fingerprint density at radius 3 is 2.57 bits per heavy atom. The average Bonchev–Trinajstić information content (AvgIpc) is 3.51. The number of aromatic nitrogens is 1. The molecule has 1 amide bonds. The van der Waals surface area contributed by atoms with Crippen LogP contribution in [-0.2, 0) is 6.61 Å². The maximum Gasteiger partial charge on any atom is 0.297 e. The molecule has 0 aliphatic carbocycles. The van der Waals surface area contributed by atoms with Gasteiger partial charge in [0.2, 0.25) is 5.76 Å². The topological polar surface area (TPSA) is 72.6 Å². The van der Waals surface area contributed by atoms with Crippen molar-refractivity contribution in [2.75, 3.05) is 4.90 Å². The highest BCUT2D eigenvalue weighted by Crippen LogP contribution is 2.42. The van der Waals surface area contributed by atoms with Crippen LogP contribution in [0, 0.1) is 6.92 Å². The van der Waals surface area contributed by atoms with Gasteiger partial charge in [-0.05, 0) is 42.3 Å². The highest BCUT2D eigenvalue weighted by atomic mass is 32.1. The smallest absolute Gasteiger partial charge is 0.297 e. The van der Waals surface area contributed by atoms with Crippen molar-refractivity contribution in [1.82, 2.24) is 4.98 Å². The van der Waals surface area contributed by atoms with Crippen molar-refractivity contribution in [2.45, 2.75) is 19.6 Å². The molecular weight excluding hydrogens is 460 g/mol. The van der Waals surface area contributed by atoms with Gasteiger partial charge in [0.15, 0.2) is 10.6 Å². The van der Waals surface area contributed by atoms with E-state index in [0.717, 1.165) is 16.7 Å². The molecule has 1 aliphatic rings. The van der Waals surface area contributed by atoms with E-state index in [4.69, 9.17) is 9.15 Å². The van der Waals surface area contributed by atoms with Gasteiger partial charge in [0, 0.05) is 11.6 Å². The van der Waals surface area contributed by atoms with Gasteiger partial charge < -0.3 is 9.15 Å². The van der Waals surface area contributed by atoms with E-state index in [2.05, 4.69) is 4.98 Å². The molecule has 0 saturated carbocycles. The summed E-state index contributed by atoms with van der Waals surface area (Å²) in [7, 11) is 0. The summed E-state index contributed by atoms with van der Waals surface area (Å²) in [5, 5.41) is 2.78. The zero-order valence-electron chi connectivity index (χ0n) is 18.8. The van der Waals surface area contributed by atoms with Crippen molar-refractivity contribution in [3.63, 3.8) is 0 Å². The number of amides is 1. The molecule has 0 bridgehead atoms. The fourth-order valence-electron chi connectivity index (χ4n) is 4.42. The Morgan fingerprint density at radius 2 is 1.83 bits per heavy atom. The number of benzene rings is 3. The Balaban J connectivity index is 1.43. The summed E-state index contributed by atoms with van der Waals surface area (Å²) in [6.07, 6.45) is 1.64. The summed E-state index contributed by atoms with van der Waals surface area (Å²) in [4.78, 5) is 33.1. The zero-order chi connectivity index (χ0) is 23.9. The Hall–Kier alpha value is -4.23. The van der Waals surface area contributed by atoms with Crippen molar-refractivity contribution < 1.29 is 13.9 Å². The predicted molar refractivity (Wildman–Crippen MR) is 135 cm³/mol. The van der Waals surface area contributed by atoms with Crippen LogP contribution in [0.1, 0.15) is 38.9 Å². The maximum absolute atomic E-state index is 13.7. The van der Waals surface area contributed by atoms with Crippen LogP contribution in [0.4, 0.5) is 5.13 Å². The molecule has 0 saturated heterocycles. The molecule has 35 heavy (non-hydrogen) atoms. The Morgan fingerprint density at radius 1 is 1.03 bits per heavy atom. The number of ether oxygens (including phenoxy) is 1. The molecule has 0 spiro atoms. The molecule has 1 unspecified atom stereocenters. The van der Waals surface area contributed by atoms with E-state index < -0.39 is 6.04 Å². The van der Waals surface area contributed by atoms with Crippen molar-refractivity contribution in [1.29, 1.82) is 0 Å². The predicted octanol–water partition coefficient (Wildman–Crippen LogP) is 5.89. The molecule has 7 heteroatoms. The number of aryl methyl sites for hydroxylation is 1. The molecule has 1 atom stereocenters. The first kappa shape index (κ1) is 21.3. The first-order valence-electron chi connectivity index (χ1n) is 11.2. The second kappa shape index (κ2) is 8.52. The highest BCUT2D eigenvalue weighted by molar-refractivity contribution is 7.13. The van der Waals surface area contributed by atoms with E-state index in [1.54, 1.807) is 28.6 Å². The molecule has 172 valence electrons. The number of thiazole rings is 1. The number of carbonyl (C=O) groups is 1. The Kier molecular flexibility index (Phi) is 5.19. The van der Waals surface area contributed by atoms with Crippen LogP contribution in [0.25, 0.3) is 11.0 Å². The lowest BCUT2D eigenvalue weighted by atomic mass is 9.98. The molecule has 6 nitrogen and oxygen atoms in total. The SMILES string of the molecule is Cc1ccc2oc3c(c(=O)c2c1)C(c1ccc(OCc2ccccc2)cc1)N(c1nccs1)C3=O. The normalized spacial score (nSPS) is 14.9. The summed E-state index contributed by atoms with van der Waals surface area (Å²) >= 11 is 1.34. The van der Waals surface area contributed by atoms with E-state index >= 15 is 0 Å². The lowest BCUT2D eigenvalue weighted by molar-refractivity contribution is 0.0971. The van der Waals surface area contributed by atoms with Gasteiger partial charge in [0.1, 0.15) is 17.9 Å². The molecule has 3 aromatic carbocycles. The molecule has 3 heterocycles. The van der Waals surface area contributed by atoms with Crippen LogP contribution in [0.2, 0.25) is 0 Å². The van der Waals surface area contributed by atoms with E-state index in [1.165, 1.54) is 11.3 Å². The van der Waals surface area contributed by atoms with Gasteiger partial charge in [-0.15, -0.1) is 11.3 Å². The van der Waals surface area contributed by atoms with E-state index in [-0.39, 0.29) is 17.1 Å². The minimum absolute atomic E-state index is 0.0657. The molecule has 5 aromatic rings. The van der Waals surface area contributed by atoms with Crippen LogP contribution in [-0.4, -0.2) is 10.9 Å². The van der Waals surface area contributed by atoms with Crippen molar-refractivity contribution in [2.24, 2.45) is 0 Å². The number of fused-ring (bicyclic) bond motifs is 2. The van der Waals surface area contributed by atoms with Gasteiger partial charge in [-0.2, -0.15) is 0 Å². The van der Waals surface area contributed by atoms with Gasteiger partial charge in [-0.1, -0.05) is 54.1 Å². The van der Waals surface area contributed by atoms with Gasteiger partial charge in [-0.3, -0.25) is 14.5 Å². The Bertz CT molecular complexity index is 1590. The van der Waals surface area contributed by atoms with Crippen LogP contribution in [0.5, 0.6) is 5.75 Å². The lowest BCUT2D eigenvalue weighted by Crippen LogP contribution is -2.29. The van der Waals surface area contributed by atoms with Crippen molar-refractivity contribution in [3.8, 4) is 5.75 Å². The summed E-state index contributed by atoms with van der Waals surface area (Å²) in [6.45, 7) is 2.37. The number of anilines is 1. The molecule has 0 N–H and O–H groups in total. The third-order valence-electron chi connectivity index (χ3n) is 6.10. The summed E-state index contributed by atoms with van der Waals surface area (Å²) in [6, 6.07) is 22.2. The minimum Gasteiger partial charge on any atom is -0.489 e. The lowest BCUT2D eigenvalue weighted by Gasteiger charge is -2.22. The van der Waals surface area contributed by atoms with E-state index in [9.17, 15) is 9.59 Å². The standard InChI is InChI=1S/C28H20N2O4S/c1-17-7-12-22-21(15-17)25(31)23-24(30(27(32)26(23)34-22)28-29-13-14-35-28)19-8-10-20(11-9-19)33-16-18-5-3-2-4-6-18/h2-15,24H,16H2,1H3. The molecule has 0 radical (unpaired) electrons. The number of nitrogens with zero attached hydrogens (tertiary/aromatic N) is 2.